The second kappa shape index (κ2) is 5.67. The molecule has 1 heterocycles. The molecule has 13 heavy (non-hydrogen) atoms. The predicted molar refractivity (Wildman–Crippen MR) is 51.9 cm³/mol. The Morgan fingerprint density at radius 3 is 3.00 bits per heavy atom. The van der Waals surface area contributed by atoms with Crippen LogP contribution in [0.3, 0.4) is 0 Å². The molecule has 0 unspecified atom stereocenters. The van der Waals surface area contributed by atoms with Gasteiger partial charge in [0.25, 0.3) is 0 Å². The number of nitrogens with zero attached hydrogens (tertiary/aromatic N) is 1. The van der Waals surface area contributed by atoms with Gasteiger partial charge in [0.1, 0.15) is 0 Å². The van der Waals surface area contributed by atoms with Crippen LogP contribution in [0.2, 0.25) is 0 Å². The summed E-state index contributed by atoms with van der Waals surface area (Å²) < 4.78 is 0. The van der Waals surface area contributed by atoms with E-state index in [9.17, 15) is 0 Å². The molecule has 1 aromatic heterocycles. The molecular weight excluding hydrogens is 164 g/mol. The van der Waals surface area contributed by atoms with Crippen LogP contribution in [-0.4, -0.2) is 11.6 Å². The van der Waals surface area contributed by atoms with Gasteiger partial charge in [-0.25, -0.2) is 0 Å². The lowest BCUT2D eigenvalue weighted by molar-refractivity contribution is 0.0196. The Bertz CT molecular complexity index is 224. The summed E-state index contributed by atoms with van der Waals surface area (Å²) in [6.07, 6.45) is 3.59. The SMILES string of the molecule is CC(C)CONCc1cccnc1. The lowest BCUT2D eigenvalue weighted by Crippen LogP contribution is -2.17. The summed E-state index contributed by atoms with van der Waals surface area (Å²) in [5, 5.41) is 0. The predicted octanol–water partition coefficient (Wildman–Crippen LogP) is 1.76. The third kappa shape index (κ3) is 4.60. The third-order valence-electron chi connectivity index (χ3n) is 1.52. The highest BCUT2D eigenvalue weighted by molar-refractivity contribution is 5.07. The zero-order valence-electron chi connectivity index (χ0n) is 8.16. The minimum absolute atomic E-state index is 0.557. The second-order valence-electron chi connectivity index (χ2n) is 3.39. The lowest BCUT2D eigenvalue weighted by Gasteiger charge is -2.07. The van der Waals surface area contributed by atoms with Gasteiger partial charge in [0.2, 0.25) is 0 Å². The van der Waals surface area contributed by atoms with Gasteiger partial charge >= 0.3 is 0 Å². The van der Waals surface area contributed by atoms with E-state index in [0.717, 1.165) is 12.2 Å². The fraction of sp³-hybridized carbons (Fsp3) is 0.500. The Hall–Kier alpha value is -0.930. The lowest BCUT2D eigenvalue weighted by atomic mass is 10.2. The van der Waals surface area contributed by atoms with Gasteiger partial charge in [-0.05, 0) is 17.5 Å². The molecule has 3 heteroatoms. The van der Waals surface area contributed by atoms with Crippen molar-refractivity contribution >= 4 is 0 Å². The van der Waals surface area contributed by atoms with Crippen LogP contribution in [0.15, 0.2) is 24.5 Å². The maximum Gasteiger partial charge on any atom is 0.0705 e. The largest absolute Gasteiger partial charge is 0.301 e. The molecule has 1 N–H and O–H groups in total. The molecule has 0 bridgehead atoms. The molecule has 1 rings (SSSR count). The Kier molecular flexibility index (Phi) is 4.43. The van der Waals surface area contributed by atoms with Gasteiger partial charge in [0.05, 0.1) is 6.61 Å². The van der Waals surface area contributed by atoms with E-state index in [4.69, 9.17) is 4.84 Å². The van der Waals surface area contributed by atoms with Crippen molar-refractivity contribution < 1.29 is 4.84 Å². The topological polar surface area (TPSA) is 34.1 Å². The fourth-order valence-electron chi connectivity index (χ4n) is 0.863. The summed E-state index contributed by atoms with van der Waals surface area (Å²) in [4.78, 5) is 9.22. The number of nitrogens with one attached hydrogen (secondary N) is 1. The van der Waals surface area contributed by atoms with E-state index in [1.54, 1.807) is 6.20 Å². The molecule has 0 aliphatic heterocycles. The van der Waals surface area contributed by atoms with E-state index >= 15 is 0 Å². The van der Waals surface area contributed by atoms with Crippen molar-refractivity contribution in [1.29, 1.82) is 0 Å². The quantitative estimate of drug-likeness (QED) is 0.554. The minimum atomic E-state index is 0.557. The zero-order chi connectivity index (χ0) is 9.52. The summed E-state index contributed by atoms with van der Waals surface area (Å²) in [6.45, 7) is 5.68. The Morgan fingerprint density at radius 1 is 1.54 bits per heavy atom. The monoisotopic (exact) mass is 180 g/mol. The first-order valence-corrected chi connectivity index (χ1v) is 4.52. The van der Waals surface area contributed by atoms with Crippen molar-refractivity contribution in [2.45, 2.75) is 20.4 Å². The molecule has 0 saturated carbocycles. The molecule has 0 aliphatic rings. The van der Waals surface area contributed by atoms with E-state index in [2.05, 4.69) is 24.3 Å². The third-order valence-corrected chi connectivity index (χ3v) is 1.52. The number of rotatable bonds is 5. The maximum absolute atomic E-state index is 5.22. The Balaban J connectivity index is 2.13. The molecule has 0 aromatic carbocycles. The second-order valence-corrected chi connectivity index (χ2v) is 3.39. The number of hydrogen-bond acceptors (Lipinski definition) is 3. The first-order chi connectivity index (χ1) is 6.29. The van der Waals surface area contributed by atoms with Crippen LogP contribution < -0.4 is 5.48 Å². The van der Waals surface area contributed by atoms with Crippen LogP contribution >= 0.6 is 0 Å². The molecule has 72 valence electrons. The van der Waals surface area contributed by atoms with Gasteiger partial charge in [-0.2, -0.15) is 5.48 Å². The number of hydrogen-bond donors (Lipinski definition) is 1. The zero-order valence-corrected chi connectivity index (χ0v) is 8.16. The molecule has 0 amide bonds. The van der Waals surface area contributed by atoms with E-state index < -0.39 is 0 Å². The van der Waals surface area contributed by atoms with Crippen LogP contribution in [0, 0.1) is 5.92 Å². The van der Waals surface area contributed by atoms with Gasteiger partial charge in [0.15, 0.2) is 0 Å². The molecule has 0 radical (unpaired) electrons. The number of hydroxylamine groups is 1. The summed E-state index contributed by atoms with van der Waals surface area (Å²) in [7, 11) is 0. The van der Waals surface area contributed by atoms with Gasteiger partial charge in [0, 0.05) is 18.9 Å². The average molecular weight is 180 g/mol. The minimum Gasteiger partial charge on any atom is -0.301 e. The summed E-state index contributed by atoms with van der Waals surface area (Å²) in [6, 6.07) is 3.93. The highest BCUT2D eigenvalue weighted by Gasteiger charge is 1.94. The van der Waals surface area contributed by atoms with Crippen LogP contribution in [0.5, 0.6) is 0 Å². The molecule has 0 atom stereocenters. The molecule has 0 fully saturated rings. The first-order valence-electron chi connectivity index (χ1n) is 4.52. The van der Waals surface area contributed by atoms with Crippen molar-refractivity contribution in [3.8, 4) is 0 Å². The molecule has 0 aliphatic carbocycles. The van der Waals surface area contributed by atoms with Crippen molar-refractivity contribution in [2.75, 3.05) is 6.61 Å². The van der Waals surface area contributed by atoms with E-state index in [1.807, 2.05) is 18.3 Å². The molecule has 0 spiro atoms. The van der Waals surface area contributed by atoms with Crippen molar-refractivity contribution in [3.05, 3.63) is 30.1 Å². The summed E-state index contributed by atoms with van der Waals surface area (Å²) in [5.41, 5.74) is 4.02. The van der Waals surface area contributed by atoms with Crippen LogP contribution in [0.4, 0.5) is 0 Å². The smallest absolute Gasteiger partial charge is 0.0705 e. The highest BCUT2D eigenvalue weighted by Crippen LogP contribution is 1.95. The summed E-state index contributed by atoms with van der Waals surface area (Å²) in [5.74, 6) is 0.557. The van der Waals surface area contributed by atoms with Gasteiger partial charge in [-0.1, -0.05) is 19.9 Å². The highest BCUT2D eigenvalue weighted by atomic mass is 16.6. The normalized spacial score (nSPS) is 10.7. The fourth-order valence-corrected chi connectivity index (χ4v) is 0.863. The molecular formula is C10H16N2O. The molecule has 3 nitrogen and oxygen atoms in total. The van der Waals surface area contributed by atoms with Gasteiger partial charge in [-0.15, -0.1) is 0 Å². The van der Waals surface area contributed by atoms with Gasteiger partial charge < -0.3 is 4.84 Å². The Labute approximate surface area is 79.1 Å². The van der Waals surface area contributed by atoms with E-state index in [-0.39, 0.29) is 0 Å². The first kappa shape index (κ1) is 10.2. The number of pyridine rings is 1. The van der Waals surface area contributed by atoms with Crippen molar-refractivity contribution in [3.63, 3.8) is 0 Å². The maximum atomic E-state index is 5.22. The van der Waals surface area contributed by atoms with E-state index in [0.29, 0.717) is 12.5 Å². The van der Waals surface area contributed by atoms with Crippen LogP contribution in [-0.2, 0) is 11.4 Å². The molecule has 0 saturated heterocycles. The van der Waals surface area contributed by atoms with E-state index in [1.165, 1.54) is 0 Å². The summed E-state index contributed by atoms with van der Waals surface area (Å²) >= 11 is 0. The van der Waals surface area contributed by atoms with Crippen LogP contribution in [0.1, 0.15) is 19.4 Å². The average Bonchev–Trinajstić information content (AvgIpc) is 2.14. The van der Waals surface area contributed by atoms with Crippen molar-refractivity contribution in [1.82, 2.24) is 10.5 Å². The van der Waals surface area contributed by atoms with Gasteiger partial charge in [-0.3, -0.25) is 4.98 Å². The molecule has 1 aromatic rings. The number of aromatic nitrogens is 1. The van der Waals surface area contributed by atoms with Crippen molar-refractivity contribution in [2.24, 2.45) is 5.92 Å². The standard InChI is InChI=1S/C10H16N2O/c1-9(2)8-13-12-7-10-4-3-5-11-6-10/h3-6,9,12H,7-8H2,1-2H3. The Morgan fingerprint density at radius 2 is 2.38 bits per heavy atom. The van der Waals surface area contributed by atoms with Crippen LogP contribution in [0.25, 0.3) is 0 Å².